The Balaban J connectivity index is 1.40. The summed E-state index contributed by atoms with van der Waals surface area (Å²) in [6, 6.07) is 8.68. The van der Waals surface area contributed by atoms with E-state index >= 15 is 0 Å². The van der Waals surface area contributed by atoms with Crippen LogP contribution in [0.3, 0.4) is 0 Å². The van der Waals surface area contributed by atoms with Crippen LogP contribution in [0.25, 0.3) is 0 Å². The lowest BCUT2D eigenvalue weighted by Gasteiger charge is -2.56. The van der Waals surface area contributed by atoms with Crippen LogP contribution in [0.15, 0.2) is 41.4 Å². The van der Waals surface area contributed by atoms with Gasteiger partial charge in [0.05, 0.1) is 10.4 Å². The molecule has 1 aromatic heterocycles. The van der Waals surface area contributed by atoms with Crippen LogP contribution in [0, 0.1) is 24.7 Å². The maximum Gasteiger partial charge on any atom is 0.263 e. The lowest BCUT2D eigenvalue weighted by Crippen LogP contribution is -2.52. The highest BCUT2D eigenvalue weighted by atomic mass is 32.2. The van der Waals surface area contributed by atoms with Gasteiger partial charge < -0.3 is 0 Å². The number of aryl methyl sites for hydroxylation is 1. The summed E-state index contributed by atoms with van der Waals surface area (Å²) >= 11 is 0. The fourth-order valence-electron chi connectivity index (χ4n) is 5.90. The van der Waals surface area contributed by atoms with Crippen molar-refractivity contribution in [3.8, 4) is 0 Å². The van der Waals surface area contributed by atoms with Crippen molar-refractivity contribution in [2.45, 2.75) is 55.9 Å². The molecule has 1 N–H and O–H groups in total. The lowest BCUT2D eigenvalue weighted by molar-refractivity contribution is -0.0492. The average molecular weight is 372 g/mol. The molecule has 138 valence electrons. The van der Waals surface area contributed by atoms with Crippen LogP contribution < -0.4 is 4.72 Å². The van der Waals surface area contributed by atoms with Gasteiger partial charge in [-0.15, -0.1) is 0 Å². The van der Waals surface area contributed by atoms with Crippen molar-refractivity contribution >= 4 is 15.8 Å². The predicted molar refractivity (Wildman–Crippen MR) is 100 cm³/mol. The quantitative estimate of drug-likeness (QED) is 0.886. The van der Waals surface area contributed by atoms with Gasteiger partial charge in [-0.1, -0.05) is 17.7 Å². The number of hydrogen-bond acceptors (Lipinski definition) is 3. The SMILES string of the molecule is Cc1ccc(S(=O)(=O)Nc2ccn(C34CC5CC(CC(C5)C3)C4)n2)cc1. The van der Waals surface area contributed by atoms with E-state index in [0.717, 1.165) is 23.3 Å². The minimum absolute atomic E-state index is 0.113. The first-order chi connectivity index (χ1) is 12.4. The van der Waals surface area contributed by atoms with Gasteiger partial charge in [-0.3, -0.25) is 9.40 Å². The third-order valence-corrected chi connectivity index (χ3v) is 8.02. The summed E-state index contributed by atoms with van der Waals surface area (Å²) in [6.45, 7) is 1.94. The molecule has 0 aliphatic heterocycles. The van der Waals surface area contributed by atoms with E-state index in [4.69, 9.17) is 0 Å². The Labute approximate surface area is 154 Å². The molecule has 4 aliphatic rings. The van der Waals surface area contributed by atoms with E-state index in [2.05, 4.69) is 14.5 Å². The number of anilines is 1. The number of nitrogens with zero attached hydrogens (tertiary/aromatic N) is 2. The Kier molecular flexibility index (Phi) is 3.52. The van der Waals surface area contributed by atoms with Crippen LogP contribution in [-0.2, 0) is 15.6 Å². The second-order valence-corrected chi connectivity index (χ2v) is 10.4. The second-order valence-electron chi connectivity index (χ2n) is 8.71. The number of nitrogens with one attached hydrogen (secondary N) is 1. The Morgan fingerprint density at radius 3 is 2.15 bits per heavy atom. The second kappa shape index (κ2) is 5.59. The maximum atomic E-state index is 12.6. The van der Waals surface area contributed by atoms with Crippen molar-refractivity contribution in [1.82, 2.24) is 9.78 Å². The Hall–Kier alpha value is -1.82. The van der Waals surface area contributed by atoms with Gasteiger partial charge in [-0.05, 0) is 75.3 Å². The van der Waals surface area contributed by atoms with E-state index in [9.17, 15) is 8.42 Å². The van der Waals surface area contributed by atoms with Crippen LogP contribution in [0.4, 0.5) is 5.82 Å². The molecule has 0 amide bonds. The molecule has 0 atom stereocenters. The molecule has 4 bridgehead atoms. The van der Waals surface area contributed by atoms with Crippen LogP contribution >= 0.6 is 0 Å². The van der Waals surface area contributed by atoms with Gasteiger partial charge >= 0.3 is 0 Å². The summed E-state index contributed by atoms with van der Waals surface area (Å²) in [6.07, 6.45) is 9.72. The van der Waals surface area contributed by atoms with Crippen molar-refractivity contribution < 1.29 is 8.42 Å². The molecule has 0 radical (unpaired) electrons. The molecule has 0 unspecified atom stereocenters. The smallest absolute Gasteiger partial charge is 0.263 e. The monoisotopic (exact) mass is 371 g/mol. The zero-order valence-corrected chi connectivity index (χ0v) is 15.9. The molecule has 2 aromatic rings. The number of benzene rings is 1. The largest absolute Gasteiger partial charge is 0.264 e. The van der Waals surface area contributed by atoms with E-state index in [1.165, 1.54) is 38.5 Å². The first-order valence-corrected chi connectivity index (χ1v) is 11.1. The van der Waals surface area contributed by atoms with E-state index in [-0.39, 0.29) is 10.4 Å². The molecular formula is C20H25N3O2S. The molecule has 0 saturated heterocycles. The summed E-state index contributed by atoms with van der Waals surface area (Å²) < 4.78 is 29.9. The zero-order chi connectivity index (χ0) is 17.9. The molecule has 4 saturated carbocycles. The lowest BCUT2D eigenvalue weighted by atomic mass is 9.53. The van der Waals surface area contributed by atoms with Crippen LogP contribution in [-0.4, -0.2) is 18.2 Å². The van der Waals surface area contributed by atoms with E-state index < -0.39 is 10.0 Å². The molecule has 1 heterocycles. The number of sulfonamides is 1. The van der Waals surface area contributed by atoms with Crippen molar-refractivity contribution in [2.75, 3.05) is 4.72 Å². The minimum atomic E-state index is -3.60. The molecule has 26 heavy (non-hydrogen) atoms. The van der Waals surface area contributed by atoms with E-state index in [1.807, 2.05) is 25.3 Å². The molecule has 4 aliphatic carbocycles. The molecule has 6 heteroatoms. The average Bonchev–Trinajstić information content (AvgIpc) is 3.02. The summed E-state index contributed by atoms with van der Waals surface area (Å²) in [5, 5.41) is 4.65. The van der Waals surface area contributed by atoms with Gasteiger partial charge in [-0.25, -0.2) is 8.42 Å². The van der Waals surface area contributed by atoms with Crippen molar-refractivity contribution in [2.24, 2.45) is 17.8 Å². The Bertz CT molecular complexity index is 895. The van der Waals surface area contributed by atoms with Gasteiger partial charge in [0.1, 0.15) is 0 Å². The highest BCUT2D eigenvalue weighted by molar-refractivity contribution is 7.92. The van der Waals surface area contributed by atoms with Crippen LogP contribution in [0.2, 0.25) is 0 Å². The fourth-order valence-corrected chi connectivity index (χ4v) is 6.90. The predicted octanol–water partition coefficient (Wildman–Crippen LogP) is 3.92. The molecular weight excluding hydrogens is 346 g/mol. The van der Waals surface area contributed by atoms with Crippen molar-refractivity contribution in [3.63, 3.8) is 0 Å². The first kappa shape index (κ1) is 16.4. The summed E-state index contributed by atoms with van der Waals surface area (Å²) in [5.74, 6) is 2.91. The number of hydrogen-bond donors (Lipinski definition) is 1. The summed E-state index contributed by atoms with van der Waals surface area (Å²) in [5.41, 5.74) is 1.15. The van der Waals surface area contributed by atoms with Gasteiger partial charge in [-0.2, -0.15) is 5.10 Å². The van der Waals surface area contributed by atoms with Crippen LogP contribution in [0.1, 0.15) is 44.1 Å². The molecule has 4 fully saturated rings. The van der Waals surface area contributed by atoms with E-state index in [1.54, 1.807) is 18.2 Å². The van der Waals surface area contributed by atoms with Gasteiger partial charge in [0.15, 0.2) is 5.82 Å². The van der Waals surface area contributed by atoms with Crippen LogP contribution in [0.5, 0.6) is 0 Å². The van der Waals surface area contributed by atoms with E-state index in [0.29, 0.717) is 5.82 Å². The highest BCUT2D eigenvalue weighted by Gasteiger charge is 2.52. The highest BCUT2D eigenvalue weighted by Crippen LogP contribution is 2.58. The number of aromatic nitrogens is 2. The van der Waals surface area contributed by atoms with Crippen molar-refractivity contribution in [3.05, 3.63) is 42.1 Å². The summed E-state index contributed by atoms with van der Waals surface area (Å²) in [7, 11) is -3.60. The standard InChI is InChI=1S/C20H25N3O2S/c1-14-2-4-18(5-3-14)26(24,25)22-19-6-7-23(21-19)20-11-15-8-16(12-20)10-17(9-15)13-20/h2-7,15-17H,8-13H2,1H3,(H,21,22). The number of rotatable bonds is 4. The minimum Gasteiger partial charge on any atom is -0.264 e. The molecule has 6 rings (SSSR count). The first-order valence-electron chi connectivity index (χ1n) is 9.58. The summed E-state index contributed by atoms with van der Waals surface area (Å²) in [4.78, 5) is 0.271. The molecule has 5 nitrogen and oxygen atoms in total. The topological polar surface area (TPSA) is 64.0 Å². The molecule has 0 spiro atoms. The zero-order valence-electron chi connectivity index (χ0n) is 15.1. The third-order valence-electron chi connectivity index (χ3n) is 6.65. The Morgan fingerprint density at radius 1 is 1.00 bits per heavy atom. The Morgan fingerprint density at radius 2 is 1.58 bits per heavy atom. The molecule has 1 aromatic carbocycles. The van der Waals surface area contributed by atoms with Gasteiger partial charge in [0, 0.05) is 12.3 Å². The fraction of sp³-hybridized carbons (Fsp3) is 0.550. The van der Waals surface area contributed by atoms with Gasteiger partial charge in [0.2, 0.25) is 0 Å². The third kappa shape index (κ3) is 2.66. The maximum absolute atomic E-state index is 12.6. The van der Waals surface area contributed by atoms with Gasteiger partial charge in [0.25, 0.3) is 10.0 Å². The normalized spacial score (nSPS) is 32.7. The van der Waals surface area contributed by atoms with Crippen molar-refractivity contribution in [1.29, 1.82) is 0 Å².